The first-order valence-electron chi connectivity index (χ1n) is 5.78. The third-order valence-corrected chi connectivity index (χ3v) is 2.94. The quantitative estimate of drug-likeness (QED) is 0.763. The molecule has 0 aliphatic heterocycles. The molecule has 0 radical (unpaired) electrons. The predicted molar refractivity (Wildman–Crippen MR) is 61.8 cm³/mol. The average Bonchev–Trinajstić information content (AvgIpc) is 2.29. The van der Waals surface area contributed by atoms with Gasteiger partial charge in [-0.1, -0.05) is 18.2 Å². The lowest BCUT2D eigenvalue weighted by Gasteiger charge is -2.16. The molecule has 0 saturated carbocycles. The van der Waals surface area contributed by atoms with Crippen molar-refractivity contribution in [3.05, 3.63) is 34.9 Å². The molecule has 0 atom stereocenters. The van der Waals surface area contributed by atoms with Gasteiger partial charge in [-0.15, -0.1) is 0 Å². The molecule has 1 aromatic carbocycles. The lowest BCUT2D eigenvalue weighted by Crippen LogP contribution is -2.09. The van der Waals surface area contributed by atoms with E-state index in [4.69, 9.17) is 10.5 Å². The van der Waals surface area contributed by atoms with Gasteiger partial charge in [0.1, 0.15) is 0 Å². The summed E-state index contributed by atoms with van der Waals surface area (Å²) in [6.07, 6.45) is 5.16. The van der Waals surface area contributed by atoms with E-state index in [9.17, 15) is 0 Å². The van der Waals surface area contributed by atoms with E-state index < -0.39 is 0 Å². The highest BCUT2D eigenvalue weighted by Crippen LogP contribution is 2.22. The molecule has 82 valence electrons. The van der Waals surface area contributed by atoms with Crippen LogP contribution in [0.5, 0.6) is 0 Å². The molecule has 1 aliphatic carbocycles. The first kappa shape index (κ1) is 10.7. The summed E-state index contributed by atoms with van der Waals surface area (Å²) in [6.45, 7) is 1.95. The predicted octanol–water partition coefficient (Wildman–Crippen LogP) is 2.04. The molecule has 15 heavy (non-hydrogen) atoms. The molecule has 2 heteroatoms. The molecule has 0 spiro atoms. The van der Waals surface area contributed by atoms with Gasteiger partial charge >= 0.3 is 0 Å². The third-order valence-electron chi connectivity index (χ3n) is 2.94. The fourth-order valence-electron chi connectivity index (χ4n) is 2.15. The third kappa shape index (κ3) is 2.80. The molecule has 0 unspecified atom stereocenters. The molecule has 2 nitrogen and oxygen atoms in total. The van der Waals surface area contributed by atoms with Crippen LogP contribution < -0.4 is 5.73 Å². The molecule has 2 N–H and O–H groups in total. The number of fused-ring (bicyclic) bond motifs is 1. The Morgan fingerprint density at radius 1 is 1.13 bits per heavy atom. The van der Waals surface area contributed by atoms with E-state index in [2.05, 4.69) is 18.2 Å². The van der Waals surface area contributed by atoms with Crippen LogP contribution in [0.4, 0.5) is 0 Å². The monoisotopic (exact) mass is 205 g/mol. The van der Waals surface area contributed by atoms with Crippen LogP contribution >= 0.6 is 0 Å². The number of ether oxygens (including phenoxy) is 1. The van der Waals surface area contributed by atoms with Gasteiger partial charge in [0.25, 0.3) is 0 Å². The van der Waals surface area contributed by atoms with Crippen molar-refractivity contribution in [2.45, 2.75) is 32.3 Å². The van der Waals surface area contributed by atoms with Crippen molar-refractivity contribution in [3.8, 4) is 0 Å². The first-order chi connectivity index (χ1) is 7.40. The summed E-state index contributed by atoms with van der Waals surface area (Å²) in [4.78, 5) is 0. The summed E-state index contributed by atoms with van der Waals surface area (Å²) in [5, 5.41) is 0. The second-order valence-corrected chi connectivity index (χ2v) is 4.15. The maximum absolute atomic E-state index is 5.43. The van der Waals surface area contributed by atoms with E-state index in [1.165, 1.54) is 42.4 Å². The maximum atomic E-state index is 5.43. The Hall–Kier alpha value is -0.860. The van der Waals surface area contributed by atoms with Gasteiger partial charge in [-0.2, -0.15) is 0 Å². The number of hydrogen-bond acceptors (Lipinski definition) is 2. The highest BCUT2D eigenvalue weighted by molar-refractivity contribution is 5.33. The summed E-state index contributed by atoms with van der Waals surface area (Å²) in [7, 11) is 0. The van der Waals surface area contributed by atoms with E-state index in [1.54, 1.807) is 0 Å². The Labute approximate surface area is 91.4 Å². The van der Waals surface area contributed by atoms with Crippen molar-refractivity contribution >= 4 is 0 Å². The molecule has 0 amide bonds. The summed E-state index contributed by atoms with van der Waals surface area (Å²) in [5.74, 6) is 0. The summed E-state index contributed by atoms with van der Waals surface area (Å²) >= 11 is 0. The second kappa shape index (κ2) is 5.29. The minimum Gasteiger partial charge on any atom is -0.375 e. The smallest absolute Gasteiger partial charge is 0.0717 e. The van der Waals surface area contributed by atoms with Crippen LogP contribution in [0.15, 0.2) is 18.2 Å². The summed E-state index contributed by atoms with van der Waals surface area (Å²) < 4.78 is 5.43. The molecule has 0 bridgehead atoms. The zero-order valence-corrected chi connectivity index (χ0v) is 9.17. The number of nitrogens with two attached hydrogens (primary N) is 1. The Bertz CT molecular complexity index is 322. The number of hydrogen-bond donors (Lipinski definition) is 1. The van der Waals surface area contributed by atoms with Crippen LogP contribution in [0.1, 0.15) is 29.5 Å². The van der Waals surface area contributed by atoms with Crippen molar-refractivity contribution in [1.82, 2.24) is 0 Å². The van der Waals surface area contributed by atoms with Crippen molar-refractivity contribution < 1.29 is 4.74 Å². The highest BCUT2D eigenvalue weighted by atomic mass is 16.5. The van der Waals surface area contributed by atoms with E-state index in [0.717, 1.165) is 0 Å². The molecular formula is C13H19NO. The molecule has 0 aromatic heterocycles. The number of benzene rings is 1. The van der Waals surface area contributed by atoms with Crippen LogP contribution in [-0.2, 0) is 24.2 Å². The van der Waals surface area contributed by atoms with Crippen molar-refractivity contribution in [3.63, 3.8) is 0 Å². The Morgan fingerprint density at radius 2 is 1.93 bits per heavy atom. The van der Waals surface area contributed by atoms with Gasteiger partial charge in [-0.05, 0) is 42.4 Å². The fourth-order valence-corrected chi connectivity index (χ4v) is 2.15. The highest BCUT2D eigenvalue weighted by Gasteiger charge is 2.09. The summed E-state index contributed by atoms with van der Waals surface area (Å²) in [6, 6.07) is 6.74. The Morgan fingerprint density at radius 3 is 2.73 bits per heavy atom. The van der Waals surface area contributed by atoms with Gasteiger partial charge in [0.2, 0.25) is 0 Å². The fraction of sp³-hybridized carbons (Fsp3) is 0.538. The zero-order valence-electron chi connectivity index (χ0n) is 9.17. The molecular weight excluding hydrogens is 186 g/mol. The Kier molecular flexibility index (Phi) is 3.75. The van der Waals surface area contributed by atoms with Gasteiger partial charge in [0.05, 0.1) is 13.2 Å². The van der Waals surface area contributed by atoms with E-state index in [-0.39, 0.29) is 0 Å². The Balaban J connectivity index is 2.00. The topological polar surface area (TPSA) is 35.2 Å². The van der Waals surface area contributed by atoms with E-state index >= 15 is 0 Å². The normalized spacial score (nSPS) is 15.0. The van der Waals surface area contributed by atoms with Gasteiger partial charge in [-0.25, -0.2) is 0 Å². The number of aryl methyl sites for hydroxylation is 2. The van der Waals surface area contributed by atoms with Gasteiger partial charge in [0.15, 0.2) is 0 Å². The largest absolute Gasteiger partial charge is 0.375 e. The van der Waals surface area contributed by atoms with Crippen LogP contribution in [0, 0.1) is 0 Å². The van der Waals surface area contributed by atoms with Crippen molar-refractivity contribution in [2.75, 3.05) is 13.2 Å². The van der Waals surface area contributed by atoms with Crippen LogP contribution in [-0.4, -0.2) is 13.2 Å². The average molecular weight is 205 g/mol. The molecule has 1 aromatic rings. The number of rotatable bonds is 4. The van der Waals surface area contributed by atoms with E-state index in [1.807, 2.05) is 0 Å². The van der Waals surface area contributed by atoms with Crippen LogP contribution in [0.3, 0.4) is 0 Å². The van der Waals surface area contributed by atoms with Gasteiger partial charge in [0, 0.05) is 6.54 Å². The molecule has 0 saturated heterocycles. The molecule has 2 rings (SSSR count). The standard InChI is InChI=1S/C13H19NO/c14-7-8-15-10-11-5-6-12-3-1-2-4-13(12)9-11/h5-6,9H,1-4,7-8,10,14H2. The molecule has 0 heterocycles. The summed E-state index contributed by atoms with van der Waals surface area (Å²) in [5.41, 5.74) is 9.71. The SMILES string of the molecule is NCCOCc1ccc2c(c1)CCCC2. The van der Waals surface area contributed by atoms with Crippen molar-refractivity contribution in [1.29, 1.82) is 0 Å². The van der Waals surface area contributed by atoms with Gasteiger partial charge in [-0.3, -0.25) is 0 Å². The van der Waals surface area contributed by atoms with Crippen LogP contribution in [0.25, 0.3) is 0 Å². The van der Waals surface area contributed by atoms with E-state index in [0.29, 0.717) is 19.8 Å². The maximum Gasteiger partial charge on any atom is 0.0717 e. The minimum atomic E-state index is 0.602. The minimum absolute atomic E-state index is 0.602. The lowest BCUT2D eigenvalue weighted by atomic mass is 9.90. The zero-order chi connectivity index (χ0) is 10.5. The van der Waals surface area contributed by atoms with Gasteiger partial charge < -0.3 is 10.5 Å². The lowest BCUT2D eigenvalue weighted by molar-refractivity contribution is 0.128. The van der Waals surface area contributed by atoms with Crippen molar-refractivity contribution in [2.24, 2.45) is 5.73 Å². The first-order valence-corrected chi connectivity index (χ1v) is 5.78. The van der Waals surface area contributed by atoms with Crippen LogP contribution in [0.2, 0.25) is 0 Å². The second-order valence-electron chi connectivity index (χ2n) is 4.15. The molecule has 0 fully saturated rings. The molecule has 1 aliphatic rings.